The van der Waals surface area contributed by atoms with Gasteiger partial charge in [-0.05, 0) is 57.0 Å². The molecule has 1 heterocycles. The number of hydrogen-bond donors (Lipinski definition) is 0. The fourth-order valence-electron chi connectivity index (χ4n) is 2.74. The summed E-state index contributed by atoms with van der Waals surface area (Å²) < 4.78 is 22.0. The number of aryl methyl sites for hydroxylation is 1. The molecule has 3 aromatic rings. The number of esters is 1. The Morgan fingerprint density at radius 2 is 1.72 bits per heavy atom. The molecular formula is C23H24O6. The highest BCUT2D eigenvalue weighted by atomic mass is 16.6. The maximum atomic E-state index is 12.7. The van der Waals surface area contributed by atoms with Crippen LogP contribution in [0.25, 0.3) is 11.0 Å². The van der Waals surface area contributed by atoms with Crippen LogP contribution >= 0.6 is 0 Å². The van der Waals surface area contributed by atoms with E-state index in [0.717, 1.165) is 6.42 Å². The van der Waals surface area contributed by atoms with Crippen LogP contribution in [0, 0.1) is 0 Å². The molecule has 1 atom stereocenters. The minimum atomic E-state index is -0.782. The lowest BCUT2D eigenvalue weighted by molar-refractivity contribution is -0.154. The van der Waals surface area contributed by atoms with Crippen molar-refractivity contribution in [1.82, 2.24) is 0 Å². The van der Waals surface area contributed by atoms with Crippen molar-refractivity contribution >= 4 is 16.9 Å². The summed E-state index contributed by atoms with van der Waals surface area (Å²) in [6.45, 7) is 7.21. The van der Waals surface area contributed by atoms with Crippen LogP contribution < -0.4 is 14.9 Å². The highest BCUT2D eigenvalue weighted by Gasteiger charge is 2.18. The molecule has 6 nitrogen and oxygen atoms in total. The summed E-state index contributed by atoms with van der Waals surface area (Å²) >= 11 is 0. The molecule has 6 heteroatoms. The van der Waals surface area contributed by atoms with Gasteiger partial charge in [0.1, 0.15) is 23.3 Å². The van der Waals surface area contributed by atoms with Crippen molar-refractivity contribution in [2.75, 3.05) is 0 Å². The van der Waals surface area contributed by atoms with E-state index in [4.69, 9.17) is 18.6 Å². The molecule has 3 rings (SSSR count). The molecule has 0 unspecified atom stereocenters. The Hall–Kier alpha value is -3.28. The van der Waals surface area contributed by atoms with Gasteiger partial charge in [-0.25, -0.2) is 4.79 Å². The molecule has 0 aliphatic heterocycles. The number of carbonyl (C=O) groups excluding carboxylic acids is 1. The molecule has 0 saturated heterocycles. The first-order valence-corrected chi connectivity index (χ1v) is 9.57. The van der Waals surface area contributed by atoms with Crippen LogP contribution in [0.5, 0.6) is 17.2 Å². The largest absolute Gasteiger partial charge is 0.479 e. The number of benzene rings is 2. The molecule has 2 aromatic carbocycles. The summed E-state index contributed by atoms with van der Waals surface area (Å²) in [4.78, 5) is 24.6. The minimum Gasteiger partial charge on any atom is -0.479 e. The molecule has 0 bridgehead atoms. The first-order valence-electron chi connectivity index (χ1n) is 9.57. The lowest BCUT2D eigenvalue weighted by Gasteiger charge is -2.15. The van der Waals surface area contributed by atoms with Crippen molar-refractivity contribution in [2.45, 2.75) is 46.3 Å². The lowest BCUT2D eigenvalue weighted by Crippen LogP contribution is -2.28. The van der Waals surface area contributed by atoms with Gasteiger partial charge in [0, 0.05) is 6.07 Å². The van der Waals surface area contributed by atoms with Gasteiger partial charge < -0.3 is 18.6 Å². The standard InChI is InChI=1S/C23H24O6/c1-5-16-6-8-17(9-7-16)29-21-13-26-20-12-18(10-11-19(20)22(21)24)28-15(4)23(25)27-14(2)3/h6-15H,5H2,1-4H3/t15-/m1/s1. The van der Waals surface area contributed by atoms with Gasteiger partial charge in [0.05, 0.1) is 11.5 Å². The molecule has 1 aromatic heterocycles. The predicted molar refractivity (Wildman–Crippen MR) is 110 cm³/mol. The third-order valence-corrected chi connectivity index (χ3v) is 4.27. The first-order chi connectivity index (χ1) is 13.9. The van der Waals surface area contributed by atoms with Crippen molar-refractivity contribution in [3.8, 4) is 17.2 Å². The summed E-state index contributed by atoms with van der Waals surface area (Å²) in [6.07, 6.45) is 1.20. The van der Waals surface area contributed by atoms with E-state index in [1.54, 1.807) is 39.0 Å². The Bertz CT molecular complexity index is 1050. The second kappa shape index (κ2) is 8.82. The quantitative estimate of drug-likeness (QED) is 0.531. The van der Waals surface area contributed by atoms with Crippen molar-refractivity contribution in [2.24, 2.45) is 0 Å². The van der Waals surface area contributed by atoms with Gasteiger partial charge in [0.25, 0.3) is 0 Å². The number of rotatable bonds is 7. The van der Waals surface area contributed by atoms with Gasteiger partial charge in [0.2, 0.25) is 11.2 Å². The first kappa shape index (κ1) is 20.5. The third-order valence-electron chi connectivity index (χ3n) is 4.27. The highest BCUT2D eigenvalue weighted by molar-refractivity contribution is 5.79. The molecule has 29 heavy (non-hydrogen) atoms. The molecule has 0 aliphatic carbocycles. The summed E-state index contributed by atoms with van der Waals surface area (Å²) in [7, 11) is 0. The maximum Gasteiger partial charge on any atom is 0.347 e. The van der Waals surface area contributed by atoms with E-state index in [1.165, 1.54) is 11.8 Å². The van der Waals surface area contributed by atoms with Crippen LogP contribution in [-0.4, -0.2) is 18.2 Å². The smallest absolute Gasteiger partial charge is 0.347 e. The van der Waals surface area contributed by atoms with Crippen LogP contribution in [0.2, 0.25) is 0 Å². The average molecular weight is 396 g/mol. The maximum absolute atomic E-state index is 12.7. The van der Waals surface area contributed by atoms with Gasteiger partial charge >= 0.3 is 5.97 Å². The number of hydrogen-bond acceptors (Lipinski definition) is 6. The summed E-state index contributed by atoms with van der Waals surface area (Å²) in [6, 6.07) is 12.3. The van der Waals surface area contributed by atoms with Crippen molar-refractivity contribution in [3.63, 3.8) is 0 Å². The van der Waals surface area contributed by atoms with Crippen LogP contribution in [0.15, 0.2) is 57.9 Å². The van der Waals surface area contributed by atoms with Crippen LogP contribution in [0.1, 0.15) is 33.3 Å². The molecule has 0 aliphatic rings. The summed E-state index contributed by atoms with van der Waals surface area (Å²) in [5.41, 5.74) is 1.23. The number of ether oxygens (including phenoxy) is 3. The van der Waals surface area contributed by atoms with E-state index in [1.807, 2.05) is 24.3 Å². The van der Waals surface area contributed by atoms with Crippen molar-refractivity contribution in [3.05, 3.63) is 64.5 Å². The Kier molecular flexibility index (Phi) is 6.22. The Balaban J connectivity index is 1.79. The average Bonchev–Trinajstić information content (AvgIpc) is 2.70. The molecule has 0 fully saturated rings. The fourth-order valence-corrected chi connectivity index (χ4v) is 2.74. The molecule has 0 saturated carbocycles. The summed E-state index contributed by atoms with van der Waals surface area (Å²) in [5, 5.41) is 0.359. The zero-order valence-corrected chi connectivity index (χ0v) is 16.9. The fraction of sp³-hybridized carbons (Fsp3) is 0.304. The summed E-state index contributed by atoms with van der Waals surface area (Å²) in [5.74, 6) is 0.604. The predicted octanol–water partition coefficient (Wildman–Crippen LogP) is 4.87. The van der Waals surface area contributed by atoms with Gasteiger partial charge in [0.15, 0.2) is 6.10 Å². The van der Waals surface area contributed by atoms with E-state index < -0.39 is 12.1 Å². The number of fused-ring (bicyclic) bond motifs is 1. The zero-order valence-electron chi connectivity index (χ0n) is 16.9. The second-order valence-electron chi connectivity index (χ2n) is 6.93. The van der Waals surface area contributed by atoms with Gasteiger partial charge in [-0.2, -0.15) is 0 Å². The van der Waals surface area contributed by atoms with E-state index in [-0.39, 0.29) is 17.3 Å². The minimum absolute atomic E-state index is 0.101. The van der Waals surface area contributed by atoms with E-state index >= 15 is 0 Å². The molecule has 0 N–H and O–H groups in total. The van der Waals surface area contributed by atoms with Gasteiger partial charge in [-0.15, -0.1) is 0 Å². The van der Waals surface area contributed by atoms with Crippen LogP contribution in [0.4, 0.5) is 0 Å². The van der Waals surface area contributed by atoms with Crippen molar-refractivity contribution in [1.29, 1.82) is 0 Å². The molecule has 0 radical (unpaired) electrons. The Labute approximate surface area is 169 Å². The highest BCUT2D eigenvalue weighted by Crippen LogP contribution is 2.25. The van der Waals surface area contributed by atoms with Crippen LogP contribution in [-0.2, 0) is 16.0 Å². The Morgan fingerprint density at radius 1 is 1.03 bits per heavy atom. The second-order valence-corrected chi connectivity index (χ2v) is 6.93. The molecule has 0 amide bonds. The SMILES string of the molecule is CCc1ccc(Oc2coc3cc(O[C@H](C)C(=O)OC(C)C)ccc3c2=O)cc1. The van der Waals surface area contributed by atoms with E-state index in [9.17, 15) is 9.59 Å². The molecule has 152 valence electrons. The Morgan fingerprint density at radius 3 is 2.38 bits per heavy atom. The molecular weight excluding hydrogens is 372 g/mol. The lowest BCUT2D eigenvalue weighted by atomic mass is 10.2. The monoisotopic (exact) mass is 396 g/mol. The topological polar surface area (TPSA) is 75.0 Å². The van der Waals surface area contributed by atoms with E-state index in [2.05, 4.69) is 6.92 Å². The van der Waals surface area contributed by atoms with Crippen molar-refractivity contribution < 1.29 is 23.4 Å². The third kappa shape index (κ3) is 4.96. The molecule has 0 spiro atoms. The van der Waals surface area contributed by atoms with Crippen LogP contribution in [0.3, 0.4) is 0 Å². The van der Waals surface area contributed by atoms with Gasteiger partial charge in [-0.3, -0.25) is 4.79 Å². The zero-order chi connectivity index (χ0) is 21.0. The normalized spacial score (nSPS) is 12.0. The van der Waals surface area contributed by atoms with E-state index in [0.29, 0.717) is 22.5 Å². The van der Waals surface area contributed by atoms with Gasteiger partial charge in [-0.1, -0.05) is 19.1 Å². The number of carbonyl (C=O) groups is 1.